The first-order valence-electron chi connectivity index (χ1n) is 20.5. The zero-order chi connectivity index (χ0) is 41.6. The highest BCUT2D eigenvalue weighted by atomic mass is 35.5. The fraction of sp³-hybridized carbons (Fsp3) is 0.312. The molecular formula is C48H42Cl3N3O6. The van der Waals surface area contributed by atoms with E-state index in [9.17, 15) is 15.3 Å². The second-order valence-electron chi connectivity index (χ2n) is 16.8. The normalized spacial score (nSPS) is 23.4. The molecule has 1 aliphatic carbocycles. The predicted molar refractivity (Wildman–Crippen MR) is 239 cm³/mol. The number of alkyl halides is 3. The lowest BCUT2D eigenvalue weighted by Gasteiger charge is -2.38. The van der Waals surface area contributed by atoms with Gasteiger partial charge in [0.2, 0.25) is 17.7 Å². The fourth-order valence-electron chi connectivity index (χ4n) is 10.9. The van der Waals surface area contributed by atoms with Crippen LogP contribution in [-0.2, 0) is 14.4 Å². The van der Waals surface area contributed by atoms with Crippen LogP contribution in [-0.4, -0.2) is 70.3 Å². The number of carbonyl (C=O) groups excluding carboxylic acids is 3. The molecule has 1 fully saturated rings. The van der Waals surface area contributed by atoms with Crippen molar-refractivity contribution in [2.24, 2.45) is 17.8 Å². The number of hydrogen-bond donors (Lipinski definition) is 3. The van der Waals surface area contributed by atoms with E-state index in [1.54, 1.807) is 32.9 Å². The molecule has 306 valence electrons. The van der Waals surface area contributed by atoms with Crippen molar-refractivity contribution in [3.8, 4) is 17.2 Å². The lowest BCUT2D eigenvalue weighted by Crippen LogP contribution is -2.47. The Morgan fingerprint density at radius 1 is 0.450 bits per heavy atom. The summed E-state index contributed by atoms with van der Waals surface area (Å²) in [5, 5.41) is 38.0. The van der Waals surface area contributed by atoms with Crippen molar-refractivity contribution in [1.29, 1.82) is 0 Å². The second-order valence-corrected chi connectivity index (χ2v) is 17.7. The molecule has 0 unspecified atom stereocenters. The van der Waals surface area contributed by atoms with E-state index in [0.29, 0.717) is 52.9 Å². The SMILES string of the molecule is O=C(C1CC(C(=O)N2C[C@@H](CCl)c3c2cc(O)c2ccccc32)CC(C(=O)N2C[C@@H](CCl)c3c2cc(O)c2ccccc32)C1)N1C[C@@H](CCl)c2c1cc(O)c1ccccc21. The monoisotopic (exact) mass is 861 g/mol. The first-order valence-corrected chi connectivity index (χ1v) is 22.1. The van der Waals surface area contributed by atoms with Crippen LogP contribution in [0.3, 0.4) is 0 Å². The Hall–Kier alpha value is -5.22. The molecule has 10 rings (SSSR count). The quantitative estimate of drug-likeness (QED) is 0.144. The van der Waals surface area contributed by atoms with E-state index < -0.39 is 17.8 Å². The number of anilines is 3. The Morgan fingerprint density at radius 2 is 0.700 bits per heavy atom. The lowest BCUT2D eigenvalue weighted by atomic mass is 9.73. The van der Waals surface area contributed by atoms with Gasteiger partial charge in [0.05, 0.1) is 17.1 Å². The van der Waals surface area contributed by atoms with Crippen molar-refractivity contribution >= 4 is 102 Å². The number of carbonyl (C=O) groups is 3. The van der Waals surface area contributed by atoms with Crippen LogP contribution in [0.25, 0.3) is 32.3 Å². The average Bonchev–Trinajstić information content (AvgIpc) is 3.97. The van der Waals surface area contributed by atoms with Gasteiger partial charge < -0.3 is 30.0 Å². The third kappa shape index (κ3) is 5.98. The molecule has 9 nitrogen and oxygen atoms in total. The van der Waals surface area contributed by atoms with Crippen molar-refractivity contribution < 1.29 is 29.7 Å². The van der Waals surface area contributed by atoms with Gasteiger partial charge in [0.15, 0.2) is 0 Å². The molecule has 3 atom stereocenters. The number of aromatic hydroxyl groups is 3. The second kappa shape index (κ2) is 15.0. The maximum Gasteiger partial charge on any atom is 0.230 e. The predicted octanol–water partition coefficient (Wildman–Crippen LogP) is 9.70. The highest BCUT2D eigenvalue weighted by molar-refractivity contribution is 6.20. The molecule has 0 saturated heterocycles. The summed E-state index contributed by atoms with van der Waals surface area (Å²) in [6.45, 7) is 0.891. The van der Waals surface area contributed by atoms with Crippen LogP contribution in [0.2, 0.25) is 0 Å². The number of nitrogens with zero attached hydrogens (tertiary/aromatic N) is 3. The van der Waals surface area contributed by atoms with Crippen LogP contribution in [0.5, 0.6) is 17.2 Å². The molecule has 6 aromatic carbocycles. The molecular weight excluding hydrogens is 821 g/mol. The molecule has 3 heterocycles. The molecule has 1 saturated carbocycles. The van der Waals surface area contributed by atoms with Crippen LogP contribution < -0.4 is 14.7 Å². The minimum Gasteiger partial charge on any atom is -0.507 e. The van der Waals surface area contributed by atoms with Crippen molar-refractivity contribution in [1.82, 2.24) is 0 Å². The van der Waals surface area contributed by atoms with Gasteiger partial charge in [0.1, 0.15) is 17.2 Å². The number of halogens is 3. The number of benzene rings is 6. The minimum atomic E-state index is -0.732. The summed E-state index contributed by atoms with van der Waals surface area (Å²) in [7, 11) is 0. The highest BCUT2D eigenvalue weighted by Gasteiger charge is 2.48. The average molecular weight is 863 g/mol. The van der Waals surface area contributed by atoms with Gasteiger partial charge in [-0.3, -0.25) is 14.4 Å². The van der Waals surface area contributed by atoms with Crippen molar-refractivity contribution in [3.05, 3.63) is 108 Å². The molecule has 12 heteroatoms. The molecule has 0 radical (unpaired) electrons. The standard InChI is InChI=1S/C48H42Cl3N3O6/c49-19-28-22-52(37-16-40(55)31-7-1-4-10-34(31)43(28)37)46(58)25-13-26(47(59)53-23-29(20-50)44-35-11-5-2-8-32(35)41(56)17-38(44)53)15-27(14-25)48(60)54-24-30(21-51)45-36-12-6-3-9-33(36)42(57)18-39(45)54/h1-12,16-18,25-30,55-57H,13-15,19-24H2/t25?,26?,27?,28-,29-,30-/m1/s1. The number of phenols is 3. The van der Waals surface area contributed by atoms with Gasteiger partial charge in [-0.15, -0.1) is 34.8 Å². The van der Waals surface area contributed by atoms with Crippen LogP contribution in [0.1, 0.15) is 53.7 Å². The minimum absolute atomic E-state index is 0.0526. The van der Waals surface area contributed by atoms with E-state index in [1.807, 2.05) is 72.8 Å². The van der Waals surface area contributed by atoms with E-state index in [1.165, 1.54) is 0 Å². The van der Waals surface area contributed by atoms with Crippen LogP contribution >= 0.6 is 34.8 Å². The maximum atomic E-state index is 15.1. The van der Waals surface area contributed by atoms with Gasteiger partial charge >= 0.3 is 0 Å². The van der Waals surface area contributed by atoms with Gasteiger partial charge in [0.25, 0.3) is 0 Å². The summed E-state index contributed by atoms with van der Waals surface area (Å²) in [4.78, 5) is 50.3. The van der Waals surface area contributed by atoms with Crippen LogP contribution in [0, 0.1) is 17.8 Å². The molecule has 3 amide bonds. The van der Waals surface area contributed by atoms with E-state index in [4.69, 9.17) is 34.8 Å². The Bertz CT molecular complexity index is 2470. The lowest BCUT2D eigenvalue weighted by molar-refractivity contribution is -0.132. The number of hydrogen-bond acceptors (Lipinski definition) is 6. The molecule has 3 N–H and O–H groups in total. The van der Waals surface area contributed by atoms with Crippen molar-refractivity contribution in [2.45, 2.75) is 37.0 Å². The third-order valence-corrected chi connectivity index (χ3v) is 14.7. The summed E-state index contributed by atoms with van der Waals surface area (Å²) in [6, 6.07) is 27.5. The van der Waals surface area contributed by atoms with Gasteiger partial charge in [0, 0.05) is 107 Å². The third-order valence-electron chi connectivity index (χ3n) is 13.5. The van der Waals surface area contributed by atoms with Crippen molar-refractivity contribution in [2.75, 3.05) is 52.0 Å². The summed E-state index contributed by atoms with van der Waals surface area (Å²) < 4.78 is 0. The van der Waals surface area contributed by atoms with Gasteiger partial charge in [-0.1, -0.05) is 72.8 Å². The Morgan fingerprint density at radius 3 is 0.950 bits per heavy atom. The zero-order valence-electron chi connectivity index (χ0n) is 32.5. The molecule has 3 aliphatic heterocycles. The summed E-state index contributed by atoms with van der Waals surface area (Å²) in [5.41, 5.74) is 4.43. The Labute approximate surface area is 361 Å². The van der Waals surface area contributed by atoms with Gasteiger partial charge in [-0.25, -0.2) is 0 Å². The highest BCUT2D eigenvalue weighted by Crippen LogP contribution is 2.51. The van der Waals surface area contributed by atoms with Gasteiger partial charge in [-0.05, 0) is 52.1 Å². The number of rotatable bonds is 6. The molecule has 0 spiro atoms. The largest absolute Gasteiger partial charge is 0.507 e. The first-order chi connectivity index (χ1) is 29.1. The number of fused-ring (bicyclic) bond motifs is 9. The van der Waals surface area contributed by atoms with Crippen LogP contribution in [0.15, 0.2) is 91.0 Å². The molecule has 6 aromatic rings. The Balaban J connectivity index is 1.04. The maximum absolute atomic E-state index is 15.1. The van der Waals surface area contributed by atoms with E-state index in [0.717, 1.165) is 32.8 Å². The van der Waals surface area contributed by atoms with E-state index in [2.05, 4.69) is 0 Å². The zero-order valence-corrected chi connectivity index (χ0v) is 34.8. The van der Waals surface area contributed by atoms with Crippen LogP contribution in [0.4, 0.5) is 17.1 Å². The smallest absolute Gasteiger partial charge is 0.230 e. The van der Waals surface area contributed by atoms with Gasteiger partial charge in [-0.2, -0.15) is 0 Å². The van der Waals surface area contributed by atoms with E-state index in [-0.39, 0.29) is 89.6 Å². The molecule has 0 bridgehead atoms. The Kier molecular flexibility index (Phi) is 9.77. The number of phenolic OH excluding ortho intramolecular Hbond substituents is 3. The summed E-state index contributed by atoms with van der Waals surface area (Å²) in [5.74, 6) is -2.55. The molecule has 4 aliphatic rings. The molecule has 0 aromatic heterocycles. The van der Waals surface area contributed by atoms with E-state index >= 15 is 14.4 Å². The topological polar surface area (TPSA) is 122 Å². The summed E-state index contributed by atoms with van der Waals surface area (Å²) in [6.07, 6.45) is 0.588. The summed E-state index contributed by atoms with van der Waals surface area (Å²) >= 11 is 19.7. The molecule has 60 heavy (non-hydrogen) atoms. The number of amides is 3. The first kappa shape index (κ1) is 38.9. The van der Waals surface area contributed by atoms with Crippen molar-refractivity contribution in [3.63, 3.8) is 0 Å². The fourth-order valence-corrected chi connectivity index (χ4v) is 11.6.